The molecule has 0 radical (unpaired) electrons. The molecule has 0 fully saturated rings. The molecule has 29 heavy (non-hydrogen) atoms. The van der Waals surface area contributed by atoms with Gasteiger partial charge in [-0.15, -0.1) is 0 Å². The van der Waals surface area contributed by atoms with Crippen LogP contribution in [0.4, 0.5) is 0 Å². The molecule has 156 valence electrons. The molecular weight excluding hydrogens is 386 g/mol. The molecule has 0 bridgehead atoms. The smallest absolute Gasteiger partial charge is 0.246 e. The van der Waals surface area contributed by atoms with E-state index in [-0.39, 0.29) is 16.9 Å². The van der Waals surface area contributed by atoms with Gasteiger partial charge in [-0.2, -0.15) is 9.40 Å². The van der Waals surface area contributed by atoms with Crippen molar-refractivity contribution in [3.05, 3.63) is 70.9 Å². The fraction of sp³-hybridized carbons (Fsp3) is 0.409. The van der Waals surface area contributed by atoms with Gasteiger partial charge in [0.1, 0.15) is 10.7 Å². The average molecular weight is 416 g/mol. The number of furan rings is 1. The van der Waals surface area contributed by atoms with E-state index in [4.69, 9.17) is 4.42 Å². The zero-order chi connectivity index (χ0) is 21.4. The highest BCUT2D eigenvalue weighted by Gasteiger charge is 2.29. The molecule has 0 N–H and O–H groups in total. The average Bonchev–Trinajstić information content (AvgIpc) is 3.23. The van der Waals surface area contributed by atoms with Gasteiger partial charge in [0.15, 0.2) is 0 Å². The van der Waals surface area contributed by atoms with Crippen LogP contribution in [-0.2, 0) is 28.5 Å². The molecule has 7 heteroatoms. The lowest BCUT2D eigenvalue weighted by molar-refractivity contribution is 0.406. The molecule has 3 aromatic rings. The summed E-state index contributed by atoms with van der Waals surface area (Å²) in [4.78, 5) is 0.262. The summed E-state index contributed by atoms with van der Waals surface area (Å²) in [5.41, 5.74) is 3.57. The first kappa shape index (κ1) is 21.3. The number of aryl methyl sites for hydroxylation is 1. The van der Waals surface area contributed by atoms with Crippen LogP contribution in [0.2, 0.25) is 0 Å². The Hall–Kier alpha value is -2.38. The van der Waals surface area contributed by atoms with Gasteiger partial charge in [-0.3, -0.25) is 4.68 Å². The van der Waals surface area contributed by atoms with E-state index in [0.717, 1.165) is 5.56 Å². The normalized spacial score (nSPS) is 12.7. The minimum absolute atomic E-state index is 0.0938. The molecule has 3 rings (SSSR count). The van der Waals surface area contributed by atoms with E-state index in [1.54, 1.807) is 37.7 Å². The SMILES string of the molecule is Cc1nn(Cc2ccc(C(C)(C)C)cc2)c(C)c1S(=O)(=O)N(C)Cc1ccco1. The monoisotopic (exact) mass is 415 g/mol. The Kier molecular flexibility index (Phi) is 5.74. The summed E-state index contributed by atoms with van der Waals surface area (Å²) in [7, 11) is -2.13. The predicted molar refractivity (Wildman–Crippen MR) is 113 cm³/mol. The molecule has 6 nitrogen and oxygen atoms in total. The fourth-order valence-electron chi connectivity index (χ4n) is 3.35. The van der Waals surface area contributed by atoms with E-state index < -0.39 is 10.0 Å². The fourth-order valence-corrected chi connectivity index (χ4v) is 4.86. The number of hydrogen-bond donors (Lipinski definition) is 0. The second kappa shape index (κ2) is 7.80. The van der Waals surface area contributed by atoms with Crippen molar-refractivity contribution in [3.8, 4) is 0 Å². The maximum atomic E-state index is 13.2. The van der Waals surface area contributed by atoms with Crippen molar-refractivity contribution in [2.45, 2.75) is 58.0 Å². The van der Waals surface area contributed by atoms with Crippen LogP contribution >= 0.6 is 0 Å². The molecule has 0 saturated carbocycles. The lowest BCUT2D eigenvalue weighted by Crippen LogP contribution is -2.27. The summed E-state index contributed by atoms with van der Waals surface area (Å²) >= 11 is 0. The van der Waals surface area contributed by atoms with Crippen molar-refractivity contribution in [3.63, 3.8) is 0 Å². The van der Waals surface area contributed by atoms with Crippen LogP contribution in [-0.4, -0.2) is 29.6 Å². The summed E-state index contributed by atoms with van der Waals surface area (Å²) in [6.45, 7) is 10.8. The van der Waals surface area contributed by atoms with E-state index >= 15 is 0 Å². The maximum absolute atomic E-state index is 13.2. The van der Waals surface area contributed by atoms with Gasteiger partial charge >= 0.3 is 0 Å². The number of benzene rings is 1. The molecule has 0 aliphatic heterocycles. The van der Waals surface area contributed by atoms with Gasteiger partial charge in [-0.05, 0) is 42.5 Å². The van der Waals surface area contributed by atoms with Crippen LogP contribution < -0.4 is 0 Å². The van der Waals surface area contributed by atoms with Crippen molar-refractivity contribution in [2.24, 2.45) is 0 Å². The van der Waals surface area contributed by atoms with Crippen molar-refractivity contribution < 1.29 is 12.8 Å². The molecule has 2 heterocycles. The maximum Gasteiger partial charge on any atom is 0.246 e. The third-order valence-corrected chi connectivity index (χ3v) is 7.15. The van der Waals surface area contributed by atoms with Crippen molar-refractivity contribution in [2.75, 3.05) is 7.05 Å². The topological polar surface area (TPSA) is 68.3 Å². The predicted octanol–water partition coefficient (Wildman–Crippen LogP) is 4.26. The first-order valence-corrected chi connectivity index (χ1v) is 11.1. The molecule has 0 atom stereocenters. The van der Waals surface area contributed by atoms with Gasteiger partial charge in [-0.1, -0.05) is 45.0 Å². The second-order valence-electron chi connectivity index (χ2n) is 8.44. The highest BCUT2D eigenvalue weighted by atomic mass is 32.2. The zero-order valence-corrected chi connectivity index (χ0v) is 18.7. The van der Waals surface area contributed by atoms with Crippen LogP contribution in [0, 0.1) is 13.8 Å². The minimum atomic E-state index is -3.68. The molecule has 2 aromatic heterocycles. The van der Waals surface area contributed by atoms with Gasteiger partial charge in [-0.25, -0.2) is 8.42 Å². The third kappa shape index (κ3) is 4.46. The molecule has 0 saturated heterocycles. The first-order chi connectivity index (χ1) is 13.5. The summed E-state index contributed by atoms with van der Waals surface area (Å²) < 4.78 is 34.6. The first-order valence-electron chi connectivity index (χ1n) is 9.62. The van der Waals surface area contributed by atoms with E-state index in [2.05, 4.69) is 50.1 Å². The van der Waals surface area contributed by atoms with Crippen LogP contribution in [0.5, 0.6) is 0 Å². The van der Waals surface area contributed by atoms with E-state index in [1.165, 1.54) is 16.1 Å². The van der Waals surface area contributed by atoms with Gasteiger partial charge in [0.05, 0.1) is 30.7 Å². The van der Waals surface area contributed by atoms with Gasteiger partial charge < -0.3 is 4.42 Å². The molecular formula is C22H29N3O3S. The third-order valence-electron chi connectivity index (χ3n) is 5.09. The molecule has 0 amide bonds. The molecule has 0 unspecified atom stereocenters. The number of rotatable bonds is 6. The Bertz CT molecular complexity index is 1070. The Morgan fingerprint density at radius 3 is 2.31 bits per heavy atom. The van der Waals surface area contributed by atoms with E-state index in [9.17, 15) is 8.42 Å². The lowest BCUT2D eigenvalue weighted by Gasteiger charge is -2.19. The summed E-state index contributed by atoms with van der Waals surface area (Å²) in [5.74, 6) is 0.595. The number of aromatic nitrogens is 2. The Labute approximate surface area is 173 Å². The van der Waals surface area contributed by atoms with Crippen LogP contribution in [0.3, 0.4) is 0 Å². The number of sulfonamides is 1. The molecule has 0 aliphatic carbocycles. The Morgan fingerprint density at radius 1 is 1.10 bits per heavy atom. The number of hydrogen-bond acceptors (Lipinski definition) is 4. The Balaban J connectivity index is 1.86. The zero-order valence-electron chi connectivity index (χ0n) is 17.9. The van der Waals surface area contributed by atoms with E-state index in [1.807, 2.05) is 0 Å². The van der Waals surface area contributed by atoms with Crippen LogP contribution in [0.15, 0.2) is 52.0 Å². The number of nitrogens with zero attached hydrogens (tertiary/aromatic N) is 3. The summed E-state index contributed by atoms with van der Waals surface area (Å²) in [6.07, 6.45) is 1.54. The highest BCUT2D eigenvalue weighted by molar-refractivity contribution is 7.89. The van der Waals surface area contributed by atoms with Gasteiger partial charge in [0, 0.05) is 7.05 Å². The summed E-state index contributed by atoms with van der Waals surface area (Å²) in [6, 6.07) is 11.9. The minimum Gasteiger partial charge on any atom is -0.468 e. The van der Waals surface area contributed by atoms with Gasteiger partial charge in [0.2, 0.25) is 10.0 Å². The van der Waals surface area contributed by atoms with Crippen molar-refractivity contribution in [1.29, 1.82) is 0 Å². The molecule has 1 aromatic carbocycles. The van der Waals surface area contributed by atoms with Gasteiger partial charge in [0.25, 0.3) is 0 Å². The summed E-state index contributed by atoms with van der Waals surface area (Å²) in [5, 5.41) is 4.51. The van der Waals surface area contributed by atoms with Crippen LogP contribution in [0.25, 0.3) is 0 Å². The largest absolute Gasteiger partial charge is 0.468 e. The second-order valence-corrected chi connectivity index (χ2v) is 10.4. The highest BCUT2D eigenvalue weighted by Crippen LogP contribution is 2.26. The Morgan fingerprint density at radius 2 is 1.76 bits per heavy atom. The quantitative estimate of drug-likeness (QED) is 0.603. The standard InChI is InChI=1S/C22H29N3O3S/c1-16-21(29(26,27)24(6)15-20-8-7-13-28-20)17(2)25(23-16)14-18-9-11-19(12-10-18)22(3,4)5/h7-13H,14-15H2,1-6H3. The molecule has 0 spiro atoms. The van der Waals surface area contributed by atoms with Crippen molar-refractivity contribution >= 4 is 10.0 Å². The van der Waals surface area contributed by atoms with Crippen LogP contribution in [0.1, 0.15) is 49.0 Å². The van der Waals surface area contributed by atoms with E-state index in [0.29, 0.717) is 23.7 Å². The molecule has 0 aliphatic rings. The van der Waals surface area contributed by atoms with Crippen molar-refractivity contribution in [1.82, 2.24) is 14.1 Å². The lowest BCUT2D eigenvalue weighted by atomic mass is 9.87.